The van der Waals surface area contributed by atoms with Crippen molar-refractivity contribution in [3.05, 3.63) is 34.3 Å². The molecule has 0 saturated carbocycles. The Kier molecular flexibility index (Phi) is 3.14. The van der Waals surface area contributed by atoms with Crippen molar-refractivity contribution in [3.8, 4) is 0 Å². The minimum Gasteiger partial charge on any atom is -0.384 e. The standard InChI is InChI=1S/C12H16BrNO/c1-12(15,11-6-3-7-14-11)9-4-2-5-10(13)8-9/h2,4-5,8,11,14-15H,3,6-7H2,1H3. The summed E-state index contributed by atoms with van der Waals surface area (Å²) in [5, 5.41) is 13.9. The summed E-state index contributed by atoms with van der Waals surface area (Å²) in [6.45, 7) is 2.90. The summed E-state index contributed by atoms with van der Waals surface area (Å²) in [6, 6.07) is 8.07. The minimum absolute atomic E-state index is 0.173. The maximum Gasteiger partial charge on any atom is 0.102 e. The highest BCUT2D eigenvalue weighted by Crippen LogP contribution is 2.30. The molecule has 1 heterocycles. The Hall–Kier alpha value is -0.380. The molecular formula is C12H16BrNO. The molecule has 0 bridgehead atoms. The highest BCUT2D eigenvalue weighted by atomic mass is 79.9. The number of halogens is 1. The molecule has 2 rings (SSSR count). The van der Waals surface area contributed by atoms with Crippen molar-refractivity contribution in [2.45, 2.75) is 31.4 Å². The van der Waals surface area contributed by atoms with Gasteiger partial charge in [-0.05, 0) is 44.0 Å². The van der Waals surface area contributed by atoms with Crippen LogP contribution in [0.4, 0.5) is 0 Å². The molecule has 2 N–H and O–H groups in total. The van der Waals surface area contributed by atoms with Gasteiger partial charge in [0.1, 0.15) is 5.60 Å². The average Bonchev–Trinajstić information content (AvgIpc) is 2.71. The third kappa shape index (κ3) is 2.25. The Morgan fingerprint density at radius 2 is 2.33 bits per heavy atom. The monoisotopic (exact) mass is 269 g/mol. The van der Waals surface area contributed by atoms with E-state index in [0.717, 1.165) is 29.4 Å². The molecular weight excluding hydrogens is 254 g/mol. The van der Waals surface area contributed by atoms with E-state index in [1.54, 1.807) is 0 Å². The van der Waals surface area contributed by atoms with Gasteiger partial charge in [0, 0.05) is 10.5 Å². The van der Waals surface area contributed by atoms with Gasteiger partial charge in [-0.3, -0.25) is 0 Å². The third-order valence-corrected chi connectivity index (χ3v) is 3.64. The van der Waals surface area contributed by atoms with Crippen LogP contribution in [0, 0.1) is 0 Å². The molecule has 1 saturated heterocycles. The minimum atomic E-state index is -0.777. The van der Waals surface area contributed by atoms with Crippen LogP contribution in [0.3, 0.4) is 0 Å². The summed E-state index contributed by atoms with van der Waals surface area (Å²) in [7, 11) is 0. The number of aliphatic hydroxyl groups is 1. The molecule has 2 atom stereocenters. The molecule has 2 unspecified atom stereocenters. The van der Waals surface area contributed by atoms with Crippen molar-refractivity contribution in [1.82, 2.24) is 5.32 Å². The second-order valence-corrected chi connectivity index (χ2v) is 5.22. The van der Waals surface area contributed by atoms with E-state index in [1.807, 2.05) is 31.2 Å². The van der Waals surface area contributed by atoms with Gasteiger partial charge in [-0.25, -0.2) is 0 Å². The van der Waals surface area contributed by atoms with Crippen LogP contribution in [0.25, 0.3) is 0 Å². The first-order valence-electron chi connectivity index (χ1n) is 5.32. The van der Waals surface area contributed by atoms with Gasteiger partial charge in [0.15, 0.2) is 0 Å². The summed E-state index contributed by atoms with van der Waals surface area (Å²) < 4.78 is 1.01. The maximum atomic E-state index is 10.5. The smallest absolute Gasteiger partial charge is 0.102 e. The molecule has 0 spiro atoms. The van der Waals surface area contributed by atoms with Crippen molar-refractivity contribution in [1.29, 1.82) is 0 Å². The molecule has 1 aliphatic rings. The molecule has 15 heavy (non-hydrogen) atoms. The molecule has 0 amide bonds. The van der Waals surface area contributed by atoms with Gasteiger partial charge in [-0.1, -0.05) is 28.1 Å². The Labute approximate surface area is 98.8 Å². The number of nitrogens with one attached hydrogen (secondary N) is 1. The molecule has 2 nitrogen and oxygen atoms in total. The van der Waals surface area contributed by atoms with Gasteiger partial charge >= 0.3 is 0 Å². The van der Waals surface area contributed by atoms with Crippen LogP contribution >= 0.6 is 15.9 Å². The van der Waals surface area contributed by atoms with Crippen molar-refractivity contribution >= 4 is 15.9 Å². The average molecular weight is 270 g/mol. The van der Waals surface area contributed by atoms with E-state index in [-0.39, 0.29) is 6.04 Å². The first-order valence-corrected chi connectivity index (χ1v) is 6.12. The van der Waals surface area contributed by atoms with E-state index >= 15 is 0 Å². The molecule has 0 radical (unpaired) electrons. The van der Waals surface area contributed by atoms with Crippen molar-refractivity contribution in [3.63, 3.8) is 0 Å². The second-order valence-electron chi connectivity index (χ2n) is 4.31. The quantitative estimate of drug-likeness (QED) is 0.865. The SMILES string of the molecule is CC(O)(c1cccc(Br)c1)C1CCCN1. The summed E-state index contributed by atoms with van der Waals surface area (Å²) in [4.78, 5) is 0. The number of hydrogen-bond donors (Lipinski definition) is 2. The molecule has 0 aromatic heterocycles. The maximum absolute atomic E-state index is 10.5. The third-order valence-electron chi connectivity index (χ3n) is 3.15. The lowest BCUT2D eigenvalue weighted by Gasteiger charge is -2.30. The summed E-state index contributed by atoms with van der Waals surface area (Å²) in [5.74, 6) is 0. The lowest BCUT2D eigenvalue weighted by Crippen LogP contribution is -2.42. The summed E-state index contributed by atoms with van der Waals surface area (Å²) in [5.41, 5.74) is 0.191. The van der Waals surface area contributed by atoms with Crippen LogP contribution in [0.2, 0.25) is 0 Å². The summed E-state index contributed by atoms with van der Waals surface area (Å²) >= 11 is 3.43. The highest BCUT2D eigenvalue weighted by Gasteiger charge is 2.35. The first kappa shape index (κ1) is 11.1. The van der Waals surface area contributed by atoms with Crippen molar-refractivity contribution in [2.75, 3.05) is 6.54 Å². The Morgan fingerprint density at radius 1 is 1.53 bits per heavy atom. The fourth-order valence-electron chi connectivity index (χ4n) is 2.17. The topological polar surface area (TPSA) is 32.3 Å². The number of rotatable bonds is 2. The largest absolute Gasteiger partial charge is 0.384 e. The van der Waals surface area contributed by atoms with Crippen molar-refractivity contribution < 1.29 is 5.11 Å². The molecule has 82 valence electrons. The Balaban J connectivity index is 2.27. The van der Waals surface area contributed by atoms with Gasteiger partial charge in [0.05, 0.1) is 0 Å². The van der Waals surface area contributed by atoms with Gasteiger partial charge in [-0.2, -0.15) is 0 Å². The van der Waals surface area contributed by atoms with Crippen LogP contribution in [-0.4, -0.2) is 17.7 Å². The summed E-state index contributed by atoms with van der Waals surface area (Å²) in [6.07, 6.45) is 2.19. The lowest BCUT2D eigenvalue weighted by atomic mass is 9.87. The fraction of sp³-hybridized carbons (Fsp3) is 0.500. The molecule has 1 aromatic carbocycles. The van der Waals surface area contributed by atoms with Gasteiger partial charge in [0.2, 0.25) is 0 Å². The van der Waals surface area contributed by atoms with Crippen LogP contribution < -0.4 is 5.32 Å². The van der Waals surface area contributed by atoms with E-state index in [2.05, 4.69) is 21.2 Å². The highest BCUT2D eigenvalue weighted by molar-refractivity contribution is 9.10. The predicted octanol–water partition coefficient (Wildman–Crippen LogP) is 2.41. The van der Waals surface area contributed by atoms with E-state index in [1.165, 1.54) is 0 Å². The Morgan fingerprint density at radius 3 is 2.93 bits per heavy atom. The van der Waals surface area contributed by atoms with Crippen molar-refractivity contribution in [2.24, 2.45) is 0 Å². The molecule has 1 fully saturated rings. The lowest BCUT2D eigenvalue weighted by molar-refractivity contribution is 0.0218. The number of benzene rings is 1. The van der Waals surface area contributed by atoms with E-state index in [4.69, 9.17) is 0 Å². The predicted molar refractivity (Wildman–Crippen MR) is 64.7 cm³/mol. The van der Waals surface area contributed by atoms with Gasteiger partial charge in [0.25, 0.3) is 0 Å². The molecule has 1 aliphatic heterocycles. The Bertz CT molecular complexity index is 345. The van der Waals surface area contributed by atoms with Gasteiger partial charge in [-0.15, -0.1) is 0 Å². The normalized spacial score (nSPS) is 25.1. The fourth-order valence-corrected chi connectivity index (χ4v) is 2.57. The van der Waals surface area contributed by atoms with E-state index in [0.29, 0.717) is 0 Å². The van der Waals surface area contributed by atoms with E-state index in [9.17, 15) is 5.11 Å². The number of hydrogen-bond acceptors (Lipinski definition) is 2. The van der Waals surface area contributed by atoms with Crippen LogP contribution in [0.5, 0.6) is 0 Å². The zero-order valence-corrected chi connectivity index (χ0v) is 10.4. The molecule has 0 aliphatic carbocycles. The zero-order valence-electron chi connectivity index (χ0n) is 8.83. The van der Waals surface area contributed by atoms with Crippen LogP contribution in [0.15, 0.2) is 28.7 Å². The first-order chi connectivity index (χ1) is 7.10. The second kappa shape index (κ2) is 4.24. The molecule has 3 heteroatoms. The van der Waals surface area contributed by atoms with Crippen LogP contribution in [-0.2, 0) is 5.60 Å². The molecule has 1 aromatic rings. The van der Waals surface area contributed by atoms with Crippen LogP contribution in [0.1, 0.15) is 25.3 Å². The van der Waals surface area contributed by atoms with Gasteiger partial charge < -0.3 is 10.4 Å². The zero-order chi connectivity index (χ0) is 10.9. The van der Waals surface area contributed by atoms with E-state index < -0.39 is 5.60 Å².